The van der Waals surface area contributed by atoms with Crippen LogP contribution in [0.3, 0.4) is 0 Å². The molecule has 0 rings (SSSR count). The molecule has 0 saturated heterocycles. The highest BCUT2D eigenvalue weighted by Gasteiger charge is 1.76. The molecule has 0 saturated carbocycles. The van der Waals surface area contributed by atoms with Crippen LogP contribution in [0.15, 0.2) is 17.7 Å². The first-order valence-corrected chi connectivity index (χ1v) is 3.01. The lowest BCUT2D eigenvalue weighted by Crippen LogP contribution is -1.67. The molecule has 8 heavy (non-hydrogen) atoms. The Bertz CT molecular complexity index is 96.6. The van der Waals surface area contributed by atoms with Crippen molar-refractivity contribution in [2.24, 2.45) is 0 Å². The van der Waals surface area contributed by atoms with Crippen molar-refractivity contribution in [3.8, 4) is 0 Å². The minimum Gasteiger partial charge on any atom is -0.0870 e. The monoisotopic (exact) mass is 109 g/mol. The third kappa shape index (κ3) is 3.66. The maximum Gasteiger partial charge on any atom is -0.0199 e. The van der Waals surface area contributed by atoms with E-state index < -0.39 is 0 Å². The van der Waals surface area contributed by atoms with Crippen LogP contribution in [0.5, 0.6) is 0 Å². The topological polar surface area (TPSA) is 0 Å². The van der Waals surface area contributed by atoms with E-state index >= 15 is 0 Å². The highest BCUT2D eigenvalue weighted by atomic mass is 13.8. The van der Waals surface area contributed by atoms with E-state index in [0.29, 0.717) is 0 Å². The fourth-order valence-electron chi connectivity index (χ4n) is 0.328. The van der Waals surface area contributed by atoms with Gasteiger partial charge in [-0.15, -0.1) is 0 Å². The van der Waals surface area contributed by atoms with E-state index in [1.807, 2.05) is 19.1 Å². The first-order chi connectivity index (χ1) is 3.81. The van der Waals surface area contributed by atoms with Gasteiger partial charge in [0.25, 0.3) is 0 Å². The Morgan fingerprint density at radius 1 is 1.62 bits per heavy atom. The molecule has 1 radical (unpaired) electrons. The van der Waals surface area contributed by atoms with Crippen molar-refractivity contribution in [2.75, 3.05) is 0 Å². The Labute approximate surface area is 51.9 Å². The lowest BCUT2D eigenvalue weighted by Gasteiger charge is -1.86. The molecule has 0 heteroatoms. The summed E-state index contributed by atoms with van der Waals surface area (Å²) in [6.07, 6.45) is 8.15. The molecule has 0 unspecified atom stereocenters. The van der Waals surface area contributed by atoms with Gasteiger partial charge in [0.1, 0.15) is 0 Å². The quantitative estimate of drug-likeness (QED) is 0.478. The molecule has 0 atom stereocenters. The molecule has 0 aromatic carbocycles. The average Bonchev–Trinajstić information content (AvgIpc) is 1.83. The lowest BCUT2D eigenvalue weighted by atomic mass is 10.2. The van der Waals surface area contributed by atoms with Gasteiger partial charge >= 0.3 is 0 Å². The summed E-state index contributed by atoms with van der Waals surface area (Å²) in [5.41, 5.74) is 1.31. The molecule has 0 amide bonds. The summed E-state index contributed by atoms with van der Waals surface area (Å²) < 4.78 is 0. The van der Waals surface area contributed by atoms with Crippen molar-refractivity contribution < 1.29 is 0 Å². The molecule has 0 N–H and O–H groups in total. The van der Waals surface area contributed by atoms with E-state index in [4.69, 9.17) is 0 Å². The SMILES string of the molecule is CC=C/[C]=C(\C)CC. The Morgan fingerprint density at radius 3 is 2.62 bits per heavy atom. The van der Waals surface area contributed by atoms with Crippen LogP contribution in [0.1, 0.15) is 27.2 Å². The van der Waals surface area contributed by atoms with Gasteiger partial charge in [0.05, 0.1) is 0 Å². The summed E-state index contributed by atoms with van der Waals surface area (Å²) in [7, 11) is 0. The number of rotatable bonds is 2. The van der Waals surface area contributed by atoms with Crippen molar-refractivity contribution in [2.45, 2.75) is 27.2 Å². The van der Waals surface area contributed by atoms with E-state index in [1.54, 1.807) is 0 Å². The number of hydrogen-bond acceptors (Lipinski definition) is 0. The van der Waals surface area contributed by atoms with Crippen molar-refractivity contribution >= 4 is 0 Å². The molecule has 0 aliphatic rings. The average molecular weight is 109 g/mol. The number of allylic oxidation sites excluding steroid dienone is 4. The molecule has 0 spiro atoms. The second-order valence-electron chi connectivity index (χ2n) is 1.78. The van der Waals surface area contributed by atoms with E-state index in [0.717, 1.165) is 6.42 Å². The molecular weight excluding hydrogens is 96.1 g/mol. The predicted molar refractivity (Wildman–Crippen MR) is 37.5 cm³/mol. The van der Waals surface area contributed by atoms with Crippen LogP contribution in [0, 0.1) is 6.08 Å². The molecule has 0 aromatic heterocycles. The second kappa shape index (κ2) is 4.63. The van der Waals surface area contributed by atoms with Gasteiger partial charge in [-0.1, -0.05) is 24.6 Å². The predicted octanol–water partition coefficient (Wildman–Crippen LogP) is 2.72. The highest BCUT2D eigenvalue weighted by molar-refractivity contribution is 5.01. The van der Waals surface area contributed by atoms with Crippen LogP contribution in [0.2, 0.25) is 0 Å². The minimum atomic E-state index is 1.10. The van der Waals surface area contributed by atoms with Crippen LogP contribution in [0.4, 0.5) is 0 Å². The van der Waals surface area contributed by atoms with Crippen LogP contribution >= 0.6 is 0 Å². The van der Waals surface area contributed by atoms with Crippen LogP contribution in [0.25, 0.3) is 0 Å². The van der Waals surface area contributed by atoms with Gasteiger partial charge in [-0.2, -0.15) is 0 Å². The molecule has 0 fully saturated rings. The normalized spacial score (nSPS) is 13.1. The van der Waals surface area contributed by atoms with Crippen LogP contribution in [-0.4, -0.2) is 0 Å². The van der Waals surface area contributed by atoms with Gasteiger partial charge in [0, 0.05) is 0 Å². The fourth-order valence-corrected chi connectivity index (χ4v) is 0.328. The summed E-state index contributed by atoms with van der Waals surface area (Å²) in [5.74, 6) is 0. The van der Waals surface area contributed by atoms with Gasteiger partial charge in [-0.3, -0.25) is 0 Å². The molecule has 0 aromatic rings. The molecule has 0 nitrogen and oxygen atoms in total. The van der Waals surface area contributed by atoms with Gasteiger partial charge in [-0.25, -0.2) is 0 Å². The zero-order valence-electron chi connectivity index (χ0n) is 5.86. The third-order valence-corrected chi connectivity index (χ3v) is 1.03. The van der Waals surface area contributed by atoms with Crippen LogP contribution < -0.4 is 0 Å². The van der Waals surface area contributed by atoms with Crippen LogP contribution in [-0.2, 0) is 0 Å². The van der Waals surface area contributed by atoms with Crippen molar-refractivity contribution in [3.63, 3.8) is 0 Å². The first-order valence-electron chi connectivity index (χ1n) is 3.01. The standard InChI is InChI=1S/C8H13/c1-4-6-7-8(3)5-2/h4,6H,5H2,1-3H3. The van der Waals surface area contributed by atoms with Crippen molar-refractivity contribution in [1.29, 1.82) is 0 Å². The summed E-state index contributed by atoms with van der Waals surface area (Å²) in [5, 5.41) is 0. The lowest BCUT2D eigenvalue weighted by molar-refractivity contribution is 1.09. The summed E-state index contributed by atoms with van der Waals surface area (Å²) >= 11 is 0. The second-order valence-corrected chi connectivity index (χ2v) is 1.78. The highest BCUT2D eigenvalue weighted by Crippen LogP contribution is 1.95. The Kier molecular flexibility index (Phi) is 4.33. The Hall–Kier alpha value is -0.520. The van der Waals surface area contributed by atoms with E-state index in [9.17, 15) is 0 Å². The van der Waals surface area contributed by atoms with Gasteiger partial charge < -0.3 is 0 Å². The zero-order chi connectivity index (χ0) is 6.41. The van der Waals surface area contributed by atoms with E-state index in [-0.39, 0.29) is 0 Å². The minimum absolute atomic E-state index is 1.10. The molecule has 0 heterocycles. The molecule has 45 valence electrons. The first kappa shape index (κ1) is 7.48. The van der Waals surface area contributed by atoms with E-state index in [1.165, 1.54) is 5.57 Å². The largest absolute Gasteiger partial charge is 0.0870 e. The van der Waals surface area contributed by atoms with Gasteiger partial charge in [0.2, 0.25) is 0 Å². The Balaban J connectivity index is 3.57. The van der Waals surface area contributed by atoms with Crippen molar-refractivity contribution in [3.05, 3.63) is 23.8 Å². The van der Waals surface area contributed by atoms with Crippen molar-refractivity contribution in [1.82, 2.24) is 0 Å². The molecule has 0 aliphatic carbocycles. The van der Waals surface area contributed by atoms with Gasteiger partial charge in [0.15, 0.2) is 0 Å². The Morgan fingerprint density at radius 2 is 2.25 bits per heavy atom. The summed E-state index contributed by atoms with van der Waals surface area (Å²) in [6, 6.07) is 0. The van der Waals surface area contributed by atoms with E-state index in [2.05, 4.69) is 19.9 Å². The maximum atomic E-state index is 3.12. The summed E-state index contributed by atoms with van der Waals surface area (Å²) in [6.45, 7) is 6.21. The third-order valence-electron chi connectivity index (χ3n) is 1.03. The molecule has 0 aliphatic heterocycles. The zero-order valence-corrected chi connectivity index (χ0v) is 5.86. The fraction of sp³-hybridized carbons (Fsp3) is 0.500. The molecule has 0 bridgehead atoms. The maximum absolute atomic E-state index is 3.12. The molecular formula is C8H13. The smallest absolute Gasteiger partial charge is 0.0199 e. The summed E-state index contributed by atoms with van der Waals surface area (Å²) in [4.78, 5) is 0. The van der Waals surface area contributed by atoms with Gasteiger partial charge in [-0.05, 0) is 26.3 Å². The number of hydrogen-bond donors (Lipinski definition) is 0.